The Kier molecular flexibility index (Phi) is 3.87. The highest BCUT2D eigenvalue weighted by Gasteiger charge is 2.34. The van der Waals surface area contributed by atoms with E-state index in [4.69, 9.17) is 0 Å². The van der Waals surface area contributed by atoms with Crippen LogP contribution in [0.5, 0.6) is 0 Å². The van der Waals surface area contributed by atoms with Crippen molar-refractivity contribution in [3.8, 4) is 0 Å². The molecule has 2 aromatic rings. The lowest BCUT2D eigenvalue weighted by Crippen LogP contribution is -2.29. The van der Waals surface area contributed by atoms with Crippen LogP contribution in [0.1, 0.15) is 56.9 Å². The van der Waals surface area contributed by atoms with E-state index in [2.05, 4.69) is 13.0 Å². The Morgan fingerprint density at radius 3 is 2.48 bits per heavy atom. The first-order chi connectivity index (χ1) is 11.1. The summed E-state index contributed by atoms with van der Waals surface area (Å²) in [4.78, 5) is 0. The van der Waals surface area contributed by atoms with Gasteiger partial charge < -0.3 is 0 Å². The number of fused-ring (bicyclic) bond motifs is 2. The van der Waals surface area contributed by atoms with Crippen LogP contribution in [0.3, 0.4) is 0 Å². The van der Waals surface area contributed by atoms with Crippen LogP contribution in [0.25, 0.3) is 10.8 Å². The van der Waals surface area contributed by atoms with E-state index in [0.29, 0.717) is 11.3 Å². The molecule has 2 saturated carbocycles. The van der Waals surface area contributed by atoms with Crippen LogP contribution in [0, 0.1) is 29.4 Å². The fourth-order valence-corrected chi connectivity index (χ4v) is 4.95. The summed E-state index contributed by atoms with van der Waals surface area (Å²) in [6.45, 7) is 2.38. The molecule has 0 heterocycles. The molecule has 23 heavy (non-hydrogen) atoms. The molecule has 0 aliphatic heterocycles. The Hall–Kier alpha value is -1.44. The fourth-order valence-electron chi connectivity index (χ4n) is 4.95. The highest BCUT2D eigenvalue weighted by Crippen LogP contribution is 2.47. The van der Waals surface area contributed by atoms with Crippen molar-refractivity contribution in [1.82, 2.24) is 0 Å². The molecular weight excluding hydrogens is 290 g/mol. The molecule has 2 fully saturated rings. The highest BCUT2D eigenvalue weighted by atomic mass is 19.2. The summed E-state index contributed by atoms with van der Waals surface area (Å²) in [5.41, 5.74) is 1.19. The second-order valence-electron chi connectivity index (χ2n) is 7.79. The summed E-state index contributed by atoms with van der Waals surface area (Å²) >= 11 is 0. The lowest BCUT2D eigenvalue weighted by Gasteiger charge is -2.41. The number of hydrogen-bond donors (Lipinski definition) is 0. The van der Waals surface area contributed by atoms with Crippen LogP contribution in [-0.4, -0.2) is 0 Å². The minimum absolute atomic E-state index is 0.432. The predicted octanol–water partition coefficient (Wildman–Crippen LogP) is 6.44. The van der Waals surface area contributed by atoms with Gasteiger partial charge in [0.25, 0.3) is 0 Å². The molecule has 0 saturated heterocycles. The van der Waals surface area contributed by atoms with Crippen LogP contribution in [0.4, 0.5) is 8.78 Å². The summed E-state index contributed by atoms with van der Waals surface area (Å²) in [5, 5.41) is 1.22. The van der Waals surface area contributed by atoms with E-state index >= 15 is 0 Å². The Labute approximate surface area is 136 Å². The molecule has 0 aromatic heterocycles. The van der Waals surface area contributed by atoms with Crippen molar-refractivity contribution in [3.63, 3.8) is 0 Å². The molecule has 0 nitrogen and oxygen atoms in total. The zero-order valence-electron chi connectivity index (χ0n) is 13.7. The van der Waals surface area contributed by atoms with Gasteiger partial charge in [0.05, 0.1) is 0 Å². The third-order valence-corrected chi connectivity index (χ3v) is 6.28. The summed E-state index contributed by atoms with van der Waals surface area (Å²) < 4.78 is 27.6. The molecule has 122 valence electrons. The molecule has 0 amide bonds. The molecular formula is C21H24F2. The Morgan fingerprint density at radius 1 is 0.870 bits per heavy atom. The van der Waals surface area contributed by atoms with Crippen molar-refractivity contribution in [2.24, 2.45) is 17.8 Å². The molecule has 2 aliphatic rings. The number of halogens is 2. The maximum Gasteiger partial charge on any atom is 0.166 e. The maximum absolute atomic E-state index is 14.1. The van der Waals surface area contributed by atoms with Gasteiger partial charge in [-0.25, -0.2) is 8.78 Å². The van der Waals surface area contributed by atoms with Crippen molar-refractivity contribution in [3.05, 3.63) is 47.5 Å². The highest BCUT2D eigenvalue weighted by molar-refractivity contribution is 5.84. The largest absolute Gasteiger partial charge is 0.204 e. The summed E-state index contributed by atoms with van der Waals surface area (Å²) in [6.07, 6.45) is 7.79. The van der Waals surface area contributed by atoms with Crippen LogP contribution < -0.4 is 0 Å². The predicted molar refractivity (Wildman–Crippen MR) is 90.5 cm³/mol. The van der Waals surface area contributed by atoms with Gasteiger partial charge in [-0.3, -0.25) is 0 Å². The SMILES string of the molecule is CC1CCC2CC(c3ccc4ccc(F)c(F)c4c3)CCC2C1. The van der Waals surface area contributed by atoms with E-state index in [9.17, 15) is 8.78 Å². The first kappa shape index (κ1) is 15.1. The number of benzene rings is 2. The second-order valence-corrected chi connectivity index (χ2v) is 7.79. The normalized spacial score (nSPS) is 31.1. The summed E-state index contributed by atoms with van der Waals surface area (Å²) in [6, 6.07) is 8.84. The lowest BCUT2D eigenvalue weighted by molar-refractivity contribution is 0.124. The van der Waals surface area contributed by atoms with Gasteiger partial charge in [0.2, 0.25) is 0 Å². The smallest absolute Gasteiger partial charge is 0.166 e. The van der Waals surface area contributed by atoms with Crippen molar-refractivity contribution >= 4 is 10.8 Å². The minimum Gasteiger partial charge on any atom is -0.204 e. The van der Waals surface area contributed by atoms with E-state index in [1.807, 2.05) is 12.1 Å². The molecule has 4 unspecified atom stereocenters. The van der Waals surface area contributed by atoms with E-state index < -0.39 is 11.6 Å². The third-order valence-electron chi connectivity index (χ3n) is 6.28. The third kappa shape index (κ3) is 2.77. The van der Waals surface area contributed by atoms with Gasteiger partial charge >= 0.3 is 0 Å². The Bertz CT molecular complexity index is 721. The van der Waals surface area contributed by atoms with Gasteiger partial charge in [-0.1, -0.05) is 31.5 Å². The van der Waals surface area contributed by atoms with Gasteiger partial charge in [0.1, 0.15) is 0 Å². The Balaban J connectivity index is 1.61. The molecule has 2 heteroatoms. The molecule has 0 spiro atoms. The van der Waals surface area contributed by atoms with Crippen LogP contribution in [0.15, 0.2) is 30.3 Å². The molecule has 4 rings (SSSR count). The van der Waals surface area contributed by atoms with Crippen molar-refractivity contribution < 1.29 is 8.78 Å². The quantitative estimate of drug-likeness (QED) is 0.568. The molecule has 4 atom stereocenters. The monoisotopic (exact) mass is 314 g/mol. The zero-order chi connectivity index (χ0) is 16.0. The van der Waals surface area contributed by atoms with Crippen molar-refractivity contribution in [2.45, 2.75) is 51.4 Å². The van der Waals surface area contributed by atoms with Crippen LogP contribution in [0.2, 0.25) is 0 Å². The molecule has 0 bridgehead atoms. The van der Waals surface area contributed by atoms with Crippen molar-refractivity contribution in [2.75, 3.05) is 0 Å². The lowest BCUT2D eigenvalue weighted by atomic mass is 9.64. The maximum atomic E-state index is 14.1. The first-order valence-corrected chi connectivity index (χ1v) is 8.99. The average molecular weight is 314 g/mol. The van der Waals surface area contributed by atoms with Gasteiger partial charge in [-0.2, -0.15) is 0 Å². The number of rotatable bonds is 1. The summed E-state index contributed by atoms with van der Waals surface area (Å²) in [7, 11) is 0. The topological polar surface area (TPSA) is 0 Å². The van der Waals surface area contributed by atoms with Crippen LogP contribution >= 0.6 is 0 Å². The molecule has 0 N–H and O–H groups in total. The zero-order valence-corrected chi connectivity index (χ0v) is 13.7. The summed E-state index contributed by atoms with van der Waals surface area (Å²) in [5.74, 6) is 1.66. The standard InChI is InChI=1S/C21H24F2/c1-13-2-3-16-11-17(7-6-15(16)10-13)18-5-4-14-8-9-20(22)21(23)19(14)12-18/h4-5,8-9,12-13,15-17H,2-3,6-7,10-11H2,1H3. The first-order valence-electron chi connectivity index (χ1n) is 8.99. The van der Waals surface area contributed by atoms with Gasteiger partial charge in [0, 0.05) is 5.39 Å². The second kappa shape index (κ2) is 5.89. The Morgan fingerprint density at radius 2 is 1.61 bits per heavy atom. The molecule has 0 radical (unpaired) electrons. The van der Waals surface area contributed by atoms with E-state index in [1.54, 1.807) is 6.07 Å². The average Bonchev–Trinajstić information content (AvgIpc) is 2.57. The van der Waals surface area contributed by atoms with E-state index in [0.717, 1.165) is 23.1 Å². The van der Waals surface area contributed by atoms with E-state index in [-0.39, 0.29) is 0 Å². The molecule has 2 aromatic carbocycles. The van der Waals surface area contributed by atoms with E-state index in [1.165, 1.54) is 50.2 Å². The van der Waals surface area contributed by atoms with Crippen molar-refractivity contribution in [1.29, 1.82) is 0 Å². The van der Waals surface area contributed by atoms with Gasteiger partial charge in [0.15, 0.2) is 11.6 Å². The van der Waals surface area contributed by atoms with Crippen LogP contribution in [-0.2, 0) is 0 Å². The minimum atomic E-state index is -0.750. The van der Waals surface area contributed by atoms with Gasteiger partial charge in [-0.05, 0) is 78.9 Å². The van der Waals surface area contributed by atoms with Gasteiger partial charge in [-0.15, -0.1) is 0 Å². The fraction of sp³-hybridized carbons (Fsp3) is 0.524. The molecule has 2 aliphatic carbocycles. The number of hydrogen-bond acceptors (Lipinski definition) is 0.